The lowest BCUT2D eigenvalue weighted by molar-refractivity contribution is 0.104. The third kappa shape index (κ3) is 4.47. The Morgan fingerprint density at radius 2 is 2.10 bits per heavy atom. The lowest BCUT2D eigenvalue weighted by Crippen LogP contribution is -2.35. The van der Waals surface area contributed by atoms with E-state index in [-0.39, 0.29) is 12.0 Å². The Balaban J connectivity index is 1.63. The second-order valence-electron chi connectivity index (χ2n) is 5.83. The van der Waals surface area contributed by atoms with Gasteiger partial charge in [0.1, 0.15) is 18.5 Å². The van der Waals surface area contributed by atoms with Crippen molar-refractivity contribution < 1.29 is 14.9 Å². The van der Waals surface area contributed by atoms with Crippen molar-refractivity contribution in [2.24, 2.45) is 5.41 Å². The van der Waals surface area contributed by atoms with Crippen molar-refractivity contribution in [2.75, 3.05) is 26.3 Å². The summed E-state index contributed by atoms with van der Waals surface area (Å²) < 4.78 is 5.61. The van der Waals surface area contributed by atoms with Gasteiger partial charge in [-0.05, 0) is 43.2 Å². The Morgan fingerprint density at radius 3 is 2.75 bits per heavy atom. The summed E-state index contributed by atoms with van der Waals surface area (Å²) in [5.41, 5.74) is 1.36. The zero-order valence-corrected chi connectivity index (χ0v) is 12.1. The van der Waals surface area contributed by atoms with Crippen LogP contribution in [-0.2, 0) is 0 Å². The molecule has 112 valence electrons. The Hall–Kier alpha value is -1.10. The second kappa shape index (κ2) is 7.07. The lowest BCUT2D eigenvalue weighted by atomic mass is 10.0. The second-order valence-corrected chi connectivity index (χ2v) is 5.83. The molecule has 0 aromatic heterocycles. The minimum atomic E-state index is -0.514. The Bertz CT molecular complexity index is 418. The van der Waals surface area contributed by atoms with Gasteiger partial charge in [-0.1, -0.05) is 18.2 Å². The number of rotatable bonds is 9. The van der Waals surface area contributed by atoms with Crippen LogP contribution in [0.5, 0.6) is 5.75 Å². The van der Waals surface area contributed by atoms with Crippen LogP contribution in [0.2, 0.25) is 0 Å². The van der Waals surface area contributed by atoms with E-state index >= 15 is 0 Å². The molecule has 4 nitrogen and oxygen atoms in total. The Morgan fingerprint density at radius 1 is 1.35 bits per heavy atom. The summed E-state index contributed by atoms with van der Waals surface area (Å²) >= 11 is 0. The molecule has 1 fully saturated rings. The minimum Gasteiger partial charge on any atom is -0.491 e. The molecule has 0 spiro atoms. The number of nitrogens with one attached hydrogen (secondary N) is 1. The monoisotopic (exact) mass is 279 g/mol. The lowest BCUT2D eigenvalue weighted by Gasteiger charge is -2.18. The molecule has 1 unspecified atom stereocenters. The van der Waals surface area contributed by atoms with Gasteiger partial charge in [0.25, 0.3) is 0 Å². The average molecular weight is 279 g/mol. The van der Waals surface area contributed by atoms with Gasteiger partial charge in [0.15, 0.2) is 0 Å². The first-order valence-electron chi connectivity index (χ1n) is 7.33. The van der Waals surface area contributed by atoms with Gasteiger partial charge in [0.2, 0.25) is 0 Å². The molecule has 0 radical (unpaired) electrons. The summed E-state index contributed by atoms with van der Waals surface area (Å²) in [6.45, 7) is 3.94. The van der Waals surface area contributed by atoms with Crippen molar-refractivity contribution in [3.63, 3.8) is 0 Å². The van der Waals surface area contributed by atoms with Crippen molar-refractivity contribution in [1.82, 2.24) is 5.32 Å². The maximum Gasteiger partial charge on any atom is 0.122 e. The summed E-state index contributed by atoms with van der Waals surface area (Å²) in [4.78, 5) is 0. The molecule has 4 heteroatoms. The molecule has 20 heavy (non-hydrogen) atoms. The van der Waals surface area contributed by atoms with Crippen LogP contribution in [0.3, 0.4) is 0 Å². The van der Waals surface area contributed by atoms with Gasteiger partial charge in [0.05, 0.1) is 0 Å². The third-order valence-corrected chi connectivity index (χ3v) is 4.00. The number of benzene rings is 1. The number of aliphatic hydroxyl groups excluding tert-OH is 2. The fourth-order valence-electron chi connectivity index (χ4n) is 2.40. The molecule has 0 aliphatic heterocycles. The highest BCUT2D eigenvalue weighted by Gasteiger charge is 2.41. The molecule has 0 amide bonds. The van der Waals surface area contributed by atoms with E-state index < -0.39 is 6.10 Å². The molecule has 2 rings (SSSR count). The molecule has 0 bridgehead atoms. The third-order valence-electron chi connectivity index (χ3n) is 4.00. The van der Waals surface area contributed by atoms with E-state index in [4.69, 9.17) is 9.84 Å². The van der Waals surface area contributed by atoms with Gasteiger partial charge >= 0.3 is 0 Å². The first-order valence-corrected chi connectivity index (χ1v) is 7.33. The van der Waals surface area contributed by atoms with Gasteiger partial charge in [-0.25, -0.2) is 0 Å². The van der Waals surface area contributed by atoms with E-state index in [0.29, 0.717) is 13.2 Å². The predicted octanol–water partition coefficient (Wildman–Crippen LogP) is 1.49. The maximum absolute atomic E-state index is 9.91. The fourth-order valence-corrected chi connectivity index (χ4v) is 2.40. The number of aryl methyl sites for hydroxylation is 1. The molecular weight excluding hydrogens is 254 g/mol. The van der Waals surface area contributed by atoms with Crippen molar-refractivity contribution in [2.45, 2.75) is 32.3 Å². The molecule has 1 aromatic rings. The fraction of sp³-hybridized carbons (Fsp3) is 0.625. The molecule has 1 saturated carbocycles. The van der Waals surface area contributed by atoms with Gasteiger partial charge in [-0.15, -0.1) is 0 Å². The normalized spacial score (nSPS) is 17.8. The van der Waals surface area contributed by atoms with E-state index in [9.17, 15) is 5.11 Å². The topological polar surface area (TPSA) is 61.7 Å². The average Bonchev–Trinajstić information content (AvgIpc) is 3.18. The van der Waals surface area contributed by atoms with Crippen LogP contribution in [0.4, 0.5) is 0 Å². The van der Waals surface area contributed by atoms with Crippen molar-refractivity contribution in [3.05, 3.63) is 29.8 Å². The van der Waals surface area contributed by atoms with Crippen LogP contribution in [0.1, 0.15) is 24.8 Å². The van der Waals surface area contributed by atoms with E-state index in [1.807, 2.05) is 31.2 Å². The molecule has 3 N–H and O–H groups in total. The standard InChI is InChI=1S/C16H25NO3/c1-13-4-2-3-5-15(13)20-11-14(19)10-17-12-16(6-7-16)8-9-18/h2-5,14,17-19H,6-12H2,1H3. The zero-order chi connectivity index (χ0) is 14.4. The SMILES string of the molecule is Cc1ccccc1OCC(O)CNCC1(CCO)CC1. The molecule has 0 heterocycles. The largest absolute Gasteiger partial charge is 0.491 e. The van der Waals surface area contributed by atoms with Crippen LogP contribution in [0.25, 0.3) is 0 Å². The number of para-hydroxylation sites is 1. The highest BCUT2D eigenvalue weighted by Crippen LogP contribution is 2.47. The quantitative estimate of drug-likeness (QED) is 0.641. The Kier molecular flexibility index (Phi) is 5.40. The molecule has 1 aliphatic carbocycles. The maximum atomic E-state index is 9.91. The van der Waals surface area contributed by atoms with Crippen molar-refractivity contribution in [1.29, 1.82) is 0 Å². The highest BCUT2D eigenvalue weighted by atomic mass is 16.5. The van der Waals surface area contributed by atoms with E-state index in [1.165, 1.54) is 12.8 Å². The van der Waals surface area contributed by atoms with Crippen LogP contribution in [-0.4, -0.2) is 42.6 Å². The van der Waals surface area contributed by atoms with Crippen molar-refractivity contribution >= 4 is 0 Å². The molecular formula is C16H25NO3. The van der Waals surface area contributed by atoms with E-state index in [1.54, 1.807) is 0 Å². The summed E-state index contributed by atoms with van der Waals surface area (Å²) in [5.74, 6) is 0.825. The van der Waals surface area contributed by atoms with Crippen LogP contribution in [0, 0.1) is 12.3 Å². The number of hydrogen-bond acceptors (Lipinski definition) is 4. The molecule has 1 atom stereocenters. The molecule has 0 saturated heterocycles. The number of ether oxygens (including phenoxy) is 1. The number of hydrogen-bond donors (Lipinski definition) is 3. The van der Waals surface area contributed by atoms with Crippen LogP contribution < -0.4 is 10.1 Å². The summed E-state index contributed by atoms with van der Waals surface area (Å²) in [7, 11) is 0. The van der Waals surface area contributed by atoms with Crippen LogP contribution in [0.15, 0.2) is 24.3 Å². The first-order chi connectivity index (χ1) is 9.65. The predicted molar refractivity (Wildman–Crippen MR) is 78.9 cm³/mol. The number of aliphatic hydroxyl groups is 2. The van der Waals surface area contributed by atoms with Crippen molar-refractivity contribution in [3.8, 4) is 5.75 Å². The van der Waals surface area contributed by atoms with E-state index in [2.05, 4.69) is 5.32 Å². The molecule has 1 aromatic carbocycles. The highest BCUT2D eigenvalue weighted by molar-refractivity contribution is 5.31. The summed E-state index contributed by atoms with van der Waals surface area (Å²) in [6.07, 6.45) is 2.70. The smallest absolute Gasteiger partial charge is 0.122 e. The van der Waals surface area contributed by atoms with Crippen LogP contribution >= 0.6 is 0 Å². The first kappa shape index (κ1) is 15.3. The van der Waals surface area contributed by atoms with Gasteiger partial charge in [-0.3, -0.25) is 0 Å². The summed E-state index contributed by atoms with van der Waals surface area (Å²) in [5, 5.41) is 22.2. The molecule has 1 aliphatic rings. The summed E-state index contributed by atoms with van der Waals surface area (Å²) in [6, 6.07) is 7.80. The zero-order valence-electron chi connectivity index (χ0n) is 12.1. The van der Waals surface area contributed by atoms with Gasteiger partial charge < -0.3 is 20.3 Å². The minimum absolute atomic E-state index is 0.251. The van der Waals surface area contributed by atoms with Gasteiger partial charge in [-0.2, -0.15) is 0 Å². The Labute approximate surface area is 120 Å². The van der Waals surface area contributed by atoms with E-state index in [0.717, 1.165) is 24.3 Å². The van der Waals surface area contributed by atoms with Gasteiger partial charge in [0, 0.05) is 19.7 Å².